The number of rotatable bonds is 2. The van der Waals surface area contributed by atoms with E-state index in [1.54, 1.807) is 0 Å². The van der Waals surface area contributed by atoms with Gasteiger partial charge in [-0.2, -0.15) is 0 Å². The highest BCUT2D eigenvalue weighted by Gasteiger charge is 2.41. The second-order valence-corrected chi connectivity index (χ2v) is 4.58. The van der Waals surface area contributed by atoms with E-state index in [2.05, 4.69) is 0 Å². The van der Waals surface area contributed by atoms with Gasteiger partial charge in [0, 0.05) is 0 Å². The SMILES string of the molecule is CC1CCCC(C(=O)O)C(C(=O)O)C1C. The van der Waals surface area contributed by atoms with Gasteiger partial charge in [-0.05, 0) is 18.3 Å². The van der Waals surface area contributed by atoms with Crippen molar-refractivity contribution in [1.29, 1.82) is 0 Å². The van der Waals surface area contributed by atoms with E-state index >= 15 is 0 Å². The predicted molar refractivity (Wildman–Crippen MR) is 54.4 cm³/mol. The lowest BCUT2D eigenvalue weighted by Gasteiger charge is -2.26. The van der Waals surface area contributed by atoms with Gasteiger partial charge in [0.1, 0.15) is 0 Å². The number of aliphatic carboxylic acids is 2. The van der Waals surface area contributed by atoms with Crippen molar-refractivity contribution in [1.82, 2.24) is 0 Å². The van der Waals surface area contributed by atoms with Crippen LogP contribution in [0.3, 0.4) is 0 Å². The third kappa shape index (κ3) is 2.49. The van der Waals surface area contributed by atoms with Crippen LogP contribution in [0.25, 0.3) is 0 Å². The molecule has 4 atom stereocenters. The van der Waals surface area contributed by atoms with E-state index in [4.69, 9.17) is 10.2 Å². The Morgan fingerprint density at radius 1 is 1.07 bits per heavy atom. The Bertz CT molecular complexity index is 261. The van der Waals surface area contributed by atoms with Crippen molar-refractivity contribution in [3.8, 4) is 0 Å². The molecule has 0 aromatic rings. The van der Waals surface area contributed by atoms with Gasteiger partial charge < -0.3 is 10.2 Å². The number of carboxylic acids is 2. The van der Waals surface area contributed by atoms with Gasteiger partial charge in [0.25, 0.3) is 0 Å². The normalized spacial score (nSPS) is 36.9. The van der Waals surface area contributed by atoms with Crippen LogP contribution in [0.5, 0.6) is 0 Å². The van der Waals surface area contributed by atoms with E-state index in [1.165, 1.54) is 0 Å². The first-order valence-electron chi connectivity index (χ1n) is 5.40. The van der Waals surface area contributed by atoms with Crippen LogP contribution < -0.4 is 0 Å². The molecule has 1 saturated carbocycles. The Kier molecular flexibility index (Phi) is 3.72. The molecule has 0 saturated heterocycles. The van der Waals surface area contributed by atoms with E-state index in [1.807, 2.05) is 13.8 Å². The maximum Gasteiger partial charge on any atom is 0.307 e. The van der Waals surface area contributed by atoms with Gasteiger partial charge >= 0.3 is 11.9 Å². The van der Waals surface area contributed by atoms with Gasteiger partial charge in [0.15, 0.2) is 0 Å². The van der Waals surface area contributed by atoms with Gasteiger partial charge in [-0.15, -0.1) is 0 Å². The maximum absolute atomic E-state index is 11.1. The molecule has 15 heavy (non-hydrogen) atoms. The van der Waals surface area contributed by atoms with E-state index in [0.29, 0.717) is 6.42 Å². The molecule has 0 spiro atoms. The van der Waals surface area contributed by atoms with Gasteiger partial charge in [-0.1, -0.05) is 26.7 Å². The molecule has 0 amide bonds. The molecule has 1 fully saturated rings. The van der Waals surface area contributed by atoms with Crippen molar-refractivity contribution in [2.45, 2.75) is 33.1 Å². The van der Waals surface area contributed by atoms with Crippen molar-refractivity contribution in [2.24, 2.45) is 23.7 Å². The quantitative estimate of drug-likeness (QED) is 0.688. The second-order valence-electron chi connectivity index (χ2n) is 4.58. The van der Waals surface area contributed by atoms with Crippen molar-refractivity contribution >= 4 is 11.9 Å². The highest BCUT2D eigenvalue weighted by Crippen LogP contribution is 2.37. The van der Waals surface area contributed by atoms with E-state index in [9.17, 15) is 9.59 Å². The predicted octanol–water partition coefficient (Wildman–Crippen LogP) is 1.84. The molecule has 0 radical (unpaired) electrons. The summed E-state index contributed by atoms with van der Waals surface area (Å²) >= 11 is 0. The topological polar surface area (TPSA) is 74.6 Å². The van der Waals surface area contributed by atoms with Crippen LogP contribution in [0.4, 0.5) is 0 Å². The van der Waals surface area contributed by atoms with Gasteiger partial charge in [-0.3, -0.25) is 9.59 Å². The van der Waals surface area contributed by atoms with Crippen LogP contribution in [0.1, 0.15) is 33.1 Å². The number of carbonyl (C=O) groups is 2. The first-order chi connectivity index (χ1) is 6.95. The molecular formula is C11H18O4. The molecular weight excluding hydrogens is 196 g/mol. The summed E-state index contributed by atoms with van der Waals surface area (Å²) in [6, 6.07) is 0. The zero-order valence-corrected chi connectivity index (χ0v) is 9.14. The minimum atomic E-state index is -0.969. The first kappa shape index (κ1) is 12.0. The average molecular weight is 214 g/mol. The monoisotopic (exact) mass is 214 g/mol. The lowest BCUT2D eigenvalue weighted by molar-refractivity contribution is -0.156. The molecule has 86 valence electrons. The Balaban J connectivity index is 2.95. The van der Waals surface area contributed by atoms with Crippen LogP contribution in [0.15, 0.2) is 0 Å². The van der Waals surface area contributed by atoms with Gasteiger partial charge in [-0.25, -0.2) is 0 Å². The van der Waals surface area contributed by atoms with E-state index < -0.39 is 23.8 Å². The average Bonchev–Trinajstić information content (AvgIpc) is 2.27. The summed E-state index contributed by atoms with van der Waals surface area (Å²) in [4.78, 5) is 22.1. The summed E-state index contributed by atoms with van der Waals surface area (Å²) in [7, 11) is 0. The smallest absolute Gasteiger partial charge is 0.307 e. The molecule has 4 nitrogen and oxygen atoms in total. The highest BCUT2D eigenvalue weighted by atomic mass is 16.4. The molecule has 0 aromatic heterocycles. The number of hydrogen-bond donors (Lipinski definition) is 2. The summed E-state index contributed by atoms with van der Waals surface area (Å²) in [5.74, 6) is -3.17. The Labute approximate surface area is 89.3 Å². The minimum absolute atomic E-state index is 0.0638. The fraction of sp³-hybridized carbons (Fsp3) is 0.818. The van der Waals surface area contributed by atoms with Crippen LogP contribution in [0.2, 0.25) is 0 Å². The van der Waals surface area contributed by atoms with Crippen LogP contribution in [-0.4, -0.2) is 22.2 Å². The highest BCUT2D eigenvalue weighted by molar-refractivity contribution is 5.80. The second kappa shape index (κ2) is 4.64. The van der Waals surface area contributed by atoms with Crippen molar-refractivity contribution in [2.75, 3.05) is 0 Å². The van der Waals surface area contributed by atoms with Gasteiger partial charge in [0.2, 0.25) is 0 Å². The van der Waals surface area contributed by atoms with E-state index in [0.717, 1.165) is 12.8 Å². The van der Waals surface area contributed by atoms with Crippen molar-refractivity contribution in [3.05, 3.63) is 0 Å². The molecule has 4 heteroatoms. The van der Waals surface area contributed by atoms with Crippen LogP contribution in [-0.2, 0) is 9.59 Å². The molecule has 2 N–H and O–H groups in total. The fourth-order valence-corrected chi connectivity index (χ4v) is 2.50. The summed E-state index contributed by atoms with van der Waals surface area (Å²) in [5, 5.41) is 18.1. The van der Waals surface area contributed by atoms with E-state index in [-0.39, 0.29) is 11.8 Å². The molecule has 1 aliphatic carbocycles. The summed E-state index contributed by atoms with van der Waals surface area (Å²) in [6.45, 7) is 3.86. The Hall–Kier alpha value is -1.06. The molecule has 0 bridgehead atoms. The van der Waals surface area contributed by atoms with Crippen molar-refractivity contribution in [3.63, 3.8) is 0 Å². The summed E-state index contributed by atoms with van der Waals surface area (Å²) in [6.07, 6.45) is 2.22. The third-order valence-electron chi connectivity index (χ3n) is 3.67. The van der Waals surface area contributed by atoms with Crippen molar-refractivity contribution < 1.29 is 19.8 Å². The third-order valence-corrected chi connectivity index (χ3v) is 3.67. The first-order valence-corrected chi connectivity index (χ1v) is 5.40. The lowest BCUT2D eigenvalue weighted by Crippen LogP contribution is -2.35. The molecule has 1 rings (SSSR count). The van der Waals surface area contributed by atoms with Crippen LogP contribution in [0, 0.1) is 23.7 Å². The Morgan fingerprint density at radius 3 is 2.13 bits per heavy atom. The lowest BCUT2D eigenvalue weighted by atomic mass is 9.78. The standard InChI is InChI=1S/C11H18O4/c1-6-4-3-5-8(10(12)13)9(7(6)2)11(14)15/h6-9H,3-5H2,1-2H3,(H,12,13)(H,14,15). The molecule has 1 aliphatic rings. The molecule has 0 aromatic carbocycles. The minimum Gasteiger partial charge on any atom is -0.481 e. The van der Waals surface area contributed by atoms with Gasteiger partial charge in [0.05, 0.1) is 11.8 Å². The van der Waals surface area contributed by atoms with Crippen LogP contribution >= 0.6 is 0 Å². The summed E-state index contributed by atoms with van der Waals surface area (Å²) < 4.78 is 0. The largest absolute Gasteiger partial charge is 0.481 e. The zero-order chi connectivity index (χ0) is 11.6. The molecule has 0 heterocycles. The summed E-state index contributed by atoms with van der Waals surface area (Å²) in [5.41, 5.74) is 0. The fourth-order valence-electron chi connectivity index (χ4n) is 2.50. The molecule has 0 aliphatic heterocycles. The number of hydrogen-bond acceptors (Lipinski definition) is 2. The Morgan fingerprint density at radius 2 is 1.67 bits per heavy atom. The zero-order valence-electron chi connectivity index (χ0n) is 9.14. The molecule has 4 unspecified atom stereocenters. The maximum atomic E-state index is 11.1. The number of carboxylic acid groups (broad SMARTS) is 2.